The molecule has 2 aliphatic rings. The van der Waals surface area contributed by atoms with E-state index in [4.69, 9.17) is 5.73 Å². The number of carbonyl (C=O) groups is 1. The summed E-state index contributed by atoms with van der Waals surface area (Å²) < 4.78 is 0. The van der Waals surface area contributed by atoms with E-state index in [0.29, 0.717) is 17.7 Å². The summed E-state index contributed by atoms with van der Waals surface area (Å²) in [6, 6.07) is 0.726. The number of nitrogens with one attached hydrogen (secondary N) is 1. The van der Waals surface area contributed by atoms with Gasteiger partial charge in [-0.2, -0.15) is 0 Å². The third-order valence-electron chi connectivity index (χ3n) is 4.30. The number of Topliss-reactive ketones (excluding diaryl/α,β-unsaturated/α-hetero) is 1. The molecule has 3 atom stereocenters. The van der Waals surface area contributed by atoms with Gasteiger partial charge in [0.15, 0.2) is 5.78 Å². The Morgan fingerprint density at radius 2 is 2.00 bits per heavy atom. The Hall–Kier alpha value is -0.410. The van der Waals surface area contributed by atoms with Crippen LogP contribution in [0.2, 0.25) is 0 Å². The van der Waals surface area contributed by atoms with Crippen molar-refractivity contribution in [3.63, 3.8) is 0 Å². The molecule has 2 bridgehead atoms. The van der Waals surface area contributed by atoms with E-state index in [1.807, 2.05) is 0 Å². The number of fused-ring (bicyclic) bond motifs is 2. The van der Waals surface area contributed by atoms with Crippen LogP contribution in [0.3, 0.4) is 0 Å². The molecule has 1 heterocycles. The quantitative estimate of drug-likeness (QED) is 0.737. The summed E-state index contributed by atoms with van der Waals surface area (Å²) in [4.78, 5) is 12.3. The molecule has 3 N–H and O–H groups in total. The molecule has 2 rings (SSSR count). The first-order valence-corrected chi connectivity index (χ1v) is 7.31. The lowest BCUT2D eigenvalue weighted by molar-refractivity contribution is -0.128. The highest BCUT2D eigenvalue weighted by molar-refractivity contribution is 5.87. The number of carbonyl (C=O) groups excluding carboxylic acids is 1. The molecule has 3 heteroatoms. The van der Waals surface area contributed by atoms with Crippen molar-refractivity contribution >= 4 is 5.78 Å². The van der Waals surface area contributed by atoms with Crippen LogP contribution in [-0.4, -0.2) is 24.4 Å². The molecule has 1 aliphatic carbocycles. The molecule has 0 spiro atoms. The largest absolute Gasteiger partial charge is 0.330 e. The molecule has 0 aromatic heterocycles. The number of ketones is 1. The predicted molar refractivity (Wildman–Crippen MR) is 69.8 cm³/mol. The van der Waals surface area contributed by atoms with Gasteiger partial charge in [0, 0.05) is 12.0 Å². The topological polar surface area (TPSA) is 55.1 Å². The van der Waals surface area contributed by atoms with Gasteiger partial charge in [0.05, 0.1) is 6.04 Å². The summed E-state index contributed by atoms with van der Waals surface area (Å²) in [5.41, 5.74) is 5.51. The van der Waals surface area contributed by atoms with Crippen LogP contribution in [0, 0.1) is 5.92 Å². The Kier molecular flexibility index (Phi) is 4.99. The Morgan fingerprint density at radius 3 is 2.82 bits per heavy atom. The van der Waals surface area contributed by atoms with Gasteiger partial charge < -0.3 is 11.1 Å². The van der Waals surface area contributed by atoms with Gasteiger partial charge in [-0.25, -0.2) is 0 Å². The smallest absolute Gasteiger partial charge is 0.152 e. The summed E-state index contributed by atoms with van der Waals surface area (Å²) >= 11 is 0. The van der Waals surface area contributed by atoms with E-state index in [-0.39, 0.29) is 6.04 Å². The molecule has 0 radical (unpaired) electrons. The minimum atomic E-state index is 0.128. The fourth-order valence-electron chi connectivity index (χ4n) is 3.32. The fourth-order valence-corrected chi connectivity index (χ4v) is 3.32. The van der Waals surface area contributed by atoms with Crippen molar-refractivity contribution in [1.29, 1.82) is 0 Å². The molecule has 2 fully saturated rings. The van der Waals surface area contributed by atoms with Crippen LogP contribution in [0.4, 0.5) is 0 Å². The molecular formula is C14H26N2O. The Labute approximate surface area is 105 Å². The summed E-state index contributed by atoms with van der Waals surface area (Å²) in [6.45, 7) is 0.744. The molecule has 1 saturated heterocycles. The third-order valence-corrected chi connectivity index (χ3v) is 4.30. The van der Waals surface area contributed by atoms with E-state index in [0.717, 1.165) is 38.6 Å². The van der Waals surface area contributed by atoms with Crippen LogP contribution >= 0.6 is 0 Å². The zero-order valence-electron chi connectivity index (χ0n) is 10.8. The minimum Gasteiger partial charge on any atom is -0.330 e. The van der Waals surface area contributed by atoms with Crippen molar-refractivity contribution in [2.75, 3.05) is 6.54 Å². The lowest BCUT2D eigenvalue weighted by atomic mass is 9.78. The second kappa shape index (κ2) is 6.50. The number of unbranched alkanes of at least 4 members (excludes halogenated alkanes) is 1. The van der Waals surface area contributed by atoms with E-state index in [9.17, 15) is 4.79 Å². The van der Waals surface area contributed by atoms with Crippen LogP contribution in [0.1, 0.15) is 57.8 Å². The van der Waals surface area contributed by atoms with E-state index in [1.54, 1.807) is 0 Å². The average molecular weight is 238 g/mol. The molecule has 0 aromatic carbocycles. The standard InChI is InChI=1S/C14H26N2O/c15-9-5-4-8-13-14(17)11-6-2-1-3-7-12(10-11)16-13/h11-13,16H,1-10,15H2. The number of hydrogen-bond donors (Lipinski definition) is 2. The summed E-state index contributed by atoms with van der Waals surface area (Å²) in [5.74, 6) is 0.838. The SMILES string of the molecule is NCCCCC1NC2CCCCCC(C2)C1=O. The Morgan fingerprint density at radius 1 is 1.18 bits per heavy atom. The second-order valence-electron chi connectivity index (χ2n) is 5.67. The highest BCUT2D eigenvalue weighted by Crippen LogP contribution is 2.29. The molecule has 1 saturated carbocycles. The van der Waals surface area contributed by atoms with Crippen molar-refractivity contribution in [3.8, 4) is 0 Å². The maximum absolute atomic E-state index is 12.3. The molecule has 0 amide bonds. The van der Waals surface area contributed by atoms with E-state index < -0.39 is 0 Å². The van der Waals surface area contributed by atoms with Crippen LogP contribution in [-0.2, 0) is 4.79 Å². The average Bonchev–Trinajstić information content (AvgIpc) is 2.30. The maximum atomic E-state index is 12.3. The van der Waals surface area contributed by atoms with E-state index in [1.165, 1.54) is 25.7 Å². The second-order valence-corrected chi connectivity index (χ2v) is 5.67. The molecule has 17 heavy (non-hydrogen) atoms. The van der Waals surface area contributed by atoms with Crippen molar-refractivity contribution in [2.24, 2.45) is 11.7 Å². The molecule has 1 aliphatic heterocycles. The molecule has 3 unspecified atom stereocenters. The molecular weight excluding hydrogens is 212 g/mol. The number of hydrogen-bond acceptors (Lipinski definition) is 3. The minimum absolute atomic E-state index is 0.128. The van der Waals surface area contributed by atoms with Gasteiger partial charge in [0.1, 0.15) is 0 Å². The summed E-state index contributed by atoms with van der Waals surface area (Å²) in [7, 11) is 0. The highest BCUT2D eigenvalue weighted by Gasteiger charge is 2.35. The lowest BCUT2D eigenvalue weighted by Crippen LogP contribution is -2.52. The van der Waals surface area contributed by atoms with Gasteiger partial charge in [-0.05, 0) is 38.6 Å². The van der Waals surface area contributed by atoms with Crippen molar-refractivity contribution < 1.29 is 4.79 Å². The summed E-state index contributed by atoms with van der Waals surface area (Å²) in [6.07, 6.45) is 10.5. The van der Waals surface area contributed by atoms with Crippen molar-refractivity contribution in [3.05, 3.63) is 0 Å². The lowest BCUT2D eigenvalue weighted by Gasteiger charge is -2.37. The first-order valence-electron chi connectivity index (χ1n) is 7.31. The zero-order valence-corrected chi connectivity index (χ0v) is 10.8. The third kappa shape index (κ3) is 3.52. The van der Waals surface area contributed by atoms with Gasteiger partial charge >= 0.3 is 0 Å². The highest BCUT2D eigenvalue weighted by atomic mass is 16.1. The molecule has 3 nitrogen and oxygen atoms in total. The first kappa shape index (κ1) is 13.0. The number of rotatable bonds is 4. The van der Waals surface area contributed by atoms with Gasteiger partial charge in [-0.3, -0.25) is 4.79 Å². The Balaban J connectivity index is 1.90. The summed E-state index contributed by atoms with van der Waals surface area (Å²) in [5, 5.41) is 3.57. The molecule has 98 valence electrons. The maximum Gasteiger partial charge on any atom is 0.152 e. The predicted octanol–water partition coefficient (Wildman–Crippen LogP) is 2.00. The number of nitrogens with two attached hydrogens (primary N) is 1. The van der Waals surface area contributed by atoms with Gasteiger partial charge in [0.25, 0.3) is 0 Å². The van der Waals surface area contributed by atoms with Crippen molar-refractivity contribution in [2.45, 2.75) is 69.9 Å². The first-order chi connectivity index (χ1) is 8.31. The van der Waals surface area contributed by atoms with Crippen LogP contribution in [0.15, 0.2) is 0 Å². The van der Waals surface area contributed by atoms with E-state index in [2.05, 4.69) is 5.32 Å². The van der Waals surface area contributed by atoms with Gasteiger partial charge in [-0.1, -0.05) is 25.7 Å². The number of piperidine rings is 1. The van der Waals surface area contributed by atoms with Crippen LogP contribution in [0.25, 0.3) is 0 Å². The molecule has 0 aromatic rings. The van der Waals surface area contributed by atoms with Crippen LogP contribution < -0.4 is 11.1 Å². The van der Waals surface area contributed by atoms with Crippen molar-refractivity contribution in [1.82, 2.24) is 5.32 Å². The van der Waals surface area contributed by atoms with Crippen LogP contribution in [0.5, 0.6) is 0 Å². The van der Waals surface area contributed by atoms with Gasteiger partial charge in [-0.15, -0.1) is 0 Å². The zero-order chi connectivity index (χ0) is 12.1. The Bertz CT molecular complexity index is 255. The normalized spacial score (nSPS) is 34.2. The van der Waals surface area contributed by atoms with Gasteiger partial charge in [0.2, 0.25) is 0 Å². The monoisotopic (exact) mass is 238 g/mol. The fraction of sp³-hybridized carbons (Fsp3) is 0.929. The van der Waals surface area contributed by atoms with E-state index >= 15 is 0 Å².